The lowest BCUT2D eigenvalue weighted by molar-refractivity contribution is 0.103. The Balaban J connectivity index is 1.70. The first kappa shape index (κ1) is 18.9. The second-order valence-corrected chi connectivity index (χ2v) is 7.29. The van der Waals surface area contributed by atoms with Crippen LogP contribution in [-0.4, -0.2) is 32.5 Å². The van der Waals surface area contributed by atoms with Crippen LogP contribution >= 0.6 is 0 Å². The molecule has 1 aliphatic carbocycles. The minimum atomic E-state index is -0.243. The van der Waals surface area contributed by atoms with Crippen LogP contribution in [-0.2, 0) is 6.61 Å². The van der Waals surface area contributed by atoms with Gasteiger partial charge in [0.2, 0.25) is 0 Å². The van der Waals surface area contributed by atoms with Crippen molar-refractivity contribution in [2.75, 3.05) is 5.73 Å². The van der Waals surface area contributed by atoms with E-state index in [1.165, 1.54) is 6.20 Å². The lowest BCUT2D eigenvalue weighted by Gasteiger charge is -2.11. The third kappa shape index (κ3) is 3.77. The van der Waals surface area contributed by atoms with E-state index in [1.807, 2.05) is 25.1 Å². The lowest BCUT2D eigenvalue weighted by atomic mass is 10.0. The molecule has 0 aliphatic heterocycles. The van der Waals surface area contributed by atoms with Gasteiger partial charge in [-0.25, -0.2) is 4.68 Å². The lowest BCUT2D eigenvalue weighted by Crippen LogP contribution is -2.15. The average Bonchev–Trinajstić information content (AvgIpc) is 3.47. The quantitative estimate of drug-likeness (QED) is 0.340. The van der Waals surface area contributed by atoms with Gasteiger partial charge < -0.3 is 16.6 Å². The summed E-state index contributed by atoms with van der Waals surface area (Å²) in [5, 5.41) is 13.7. The largest absolute Gasteiger partial charge is 0.392 e. The fourth-order valence-electron chi connectivity index (χ4n) is 3.16. The molecule has 0 saturated heterocycles. The normalized spacial score (nSPS) is 14.2. The van der Waals surface area contributed by atoms with Crippen molar-refractivity contribution < 1.29 is 9.90 Å². The number of ketones is 1. The van der Waals surface area contributed by atoms with Crippen molar-refractivity contribution in [3.05, 3.63) is 76.5 Å². The van der Waals surface area contributed by atoms with Crippen molar-refractivity contribution in [2.24, 2.45) is 10.7 Å². The summed E-state index contributed by atoms with van der Waals surface area (Å²) >= 11 is 0. The van der Waals surface area contributed by atoms with Crippen LogP contribution in [0.3, 0.4) is 0 Å². The smallest absolute Gasteiger partial charge is 0.198 e. The molecule has 29 heavy (non-hydrogen) atoms. The Labute approximate surface area is 168 Å². The van der Waals surface area contributed by atoms with Gasteiger partial charge in [-0.05, 0) is 43.0 Å². The Bertz CT molecular complexity index is 1110. The second kappa shape index (κ2) is 7.52. The first-order valence-electron chi connectivity index (χ1n) is 9.50. The van der Waals surface area contributed by atoms with E-state index in [0.29, 0.717) is 28.6 Å². The fraction of sp³-hybridized carbons (Fsp3) is 0.227. The Kier molecular flexibility index (Phi) is 4.90. The van der Waals surface area contributed by atoms with Crippen LogP contribution in [0.2, 0.25) is 0 Å². The van der Waals surface area contributed by atoms with Crippen molar-refractivity contribution in [3.8, 4) is 5.69 Å². The maximum Gasteiger partial charge on any atom is 0.198 e. The number of carbonyl (C=O) groups is 1. The van der Waals surface area contributed by atoms with Gasteiger partial charge in [-0.3, -0.25) is 9.79 Å². The molecule has 0 spiro atoms. The molecule has 0 amide bonds. The third-order valence-corrected chi connectivity index (χ3v) is 5.02. The number of aliphatic hydroxyl groups is 1. The summed E-state index contributed by atoms with van der Waals surface area (Å²) in [6.07, 6.45) is 3.62. The first-order chi connectivity index (χ1) is 14.0. The Hall–Kier alpha value is -3.45. The molecular formula is C22H23N5O2. The minimum absolute atomic E-state index is 0.133. The summed E-state index contributed by atoms with van der Waals surface area (Å²) in [6.45, 7) is 1.81. The Morgan fingerprint density at radius 1 is 1.24 bits per heavy atom. The van der Waals surface area contributed by atoms with E-state index in [0.717, 1.165) is 29.7 Å². The van der Waals surface area contributed by atoms with Crippen molar-refractivity contribution in [1.82, 2.24) is 9.78 Å². The molecule has 1 aromatic heterocycles. The number of rotatable bonds is 6. The summed E-state index contributed by atoms with van der Waals surface area (Å²) in [5.74, 6) is 0.506. The molecule has 0 bridgehead atoms. The monoisotopic (exact) mass is 389 g/mol. The van der Waals surface area contributed by atoms with Crippen molar-refractivity contribution in [2.45, 2.75) is 32.4 Å². The average molecular weight is 389 g/mol. The van der Waals surface area contributed by atoms with E-state index in [-0.39, 0.29) is 18.2 Å². The molecule has 7 heteroatoms. The van der Waals surface area contributed by atoms with Crippen LogP contribution in [0, 0.1) is 6.92 Å². The number of hydrogen-bond acceptors (Lipinski definition) is 5. The van der Waals surface area contributed by atoms with Gasteiger partial charge in [0.25, 0.3) is 0 Å². The number of hydrogen-bond donors (Lipinski definition) is 3. The van der Waals surface area contributed by atoms with Crippen LogP contribution in [0.25, 0.3) is 5.69 Å². The van der Waals surface area contributed by atoms with Gasteiger partial charge >= 0.3 is 0 Å². The Morgan fingerprint density at radius 2 is 2.03 bits per heavy atom. The predicted molar refractivity (Wildman–Crippen MR) is 112 cm³/mol. The number of aromatic nitrogens is 2. The van der Waals surface area contributed by atoms with Crippen LogP contribution in [0.1, 0.15) is 45.5 Å². The molecule has 7 nitrogen and oxygen atoms in total. The molecule has 1 fully saturated rings. The summed E-state index contributed by atoms with van der Waals surface area (Å²) in [5.41, 5.74) is 16.4. The maximum atomic E-state index is 12.9. The highest BCUT2D eigenvalue weighted by Gasteiger charge is 2.22. The van der Waals surface area contributed by atoms with Gasteiger partial charge in [0, 0.05) is 11.1 Å². The van der Waals surface area contributed by atoms with Gasteiger partial charge in [0.15, 0.2) is 5.78 Å². The van der Waals surface area contributed by atoms with Gasteiger partial charge in [-0.15, -0.1) is 0 Å². The molecule has 0 radical (unpaired) electrons. The predicted octanol–water partition coefficient (Wildman–Crippen LogP) is 2.35. The number of nitrogen functional groups attached to an aromatic ring is 1. The highest BCUT2D eigenvalue weighted by Crippen LogP contribution is 2.26. The Morgan fingerprint density at radius 3 is 2.76 bits per heavy atom. The van der Waals surface area contributed by atoms with Crippen LogP contribution in [0.5, 0.6) is 0 Å². The molecule has 4 rings (SSSR count). The number of nitrogens with zero attached hydrogens (tertiary/aromatic N) is 3. The van der Waals surface area contributed by atoms with E-state index in [1.54, 1.807) is 28.9 Å². The van der Waals surface area contributed by atoms with Crippen LogP contribution in [0.4, 0.5) is 5.82 Å². The molecule has 3 aromatic rings. The number of anilines is 1. The topological polar surface area (TPSA) is 120 Å². The molecule has 1 aliphatic rings. The number of aryl methyl sites for hydroxylation is 1. The third-order valence-electron chi connectivity index (χ3n) is 5.02. The molecule has 148 valence electrons. The molecule has 5 N–H and O–H groups in total. The van der Waals surface area contributed by atoms with E-state index in [9.17, 15) is 9.90 Å². The summed E-state index contributed by atoms with van der Waals surface area (Å²) in [4.78, 5) is 17.4. The van der Waals surface area contributed by atoms with E-state index in [2.05, 4.69) is 10.1 Å². The van der Waals surface area contributed by atoms with Crippen LogP contribution < -0.4 is 11.5 Å². The SMILES string of the molecule is Cc1ccc(C(N)=NC2CC2)cc1-n1ncc(C(=O)c2cccc(CO)c2)c1N. The van der Waals surface area contributed by atoms with E-state index >= 15 is 0 Å². The zero-order valence-electron chi connectivity index (χ0n) is 16.2. The molecular weight excluding hydrogens is 366 g/mol. The van der Waals surface area contributed by atoms with E-state index in [4.69, 9.17) is 11.5 Å². The molecule has 2 aromatic carbocycles. The number of aliphatic imine (C=N–C) groups is 1. The minimum Gasteiger partial charge on any atom is -0.392 e. The van der Waals surface area contributed by atoms with Crippen LogP contribution in [0.15, 0.2) is 53.7 Å². The van der Waals surface area contributed by atoms with Gasteiger partial charge in [0.1, 0.15) is 11.7 Å². The molecule has 1 heterocycles. The fourth-order valence-corrected chi connectivity index (χ4v) is 3.16. The molecule has 0 unspecified atom stereocenters. The van der Waals surface area contributed by atoms with Gasteiger partial charge in [0.05, 0.1) is 30.1 Å². The molecule has 0 atom stereocenters. The zero-order chi connectivity index (χ0) is 20.5. The second-order valence-electron chi connectivity index (χ2n) is 7.29. The number of nitrogens with two attached hydrogens (primary N) is 2. The number of carbonyl (C=O) groups excluding carboxylic acids is 1. The first-order valence-corrected chi connectivity index (χ1v) is 9.50. The van der Waals surface area contributed by atoms with Crippen molar-refractivity contribution in [1.29, 1.82) is 0 Å². The highest BCUT2D eigenvalue weighted by atomic mass is 16.3. The number of amidine groups is 1. The highest BCUT2D eigenvalue weighted by molar-refractivity contribution is 6.11. The summed E-state index contributed by atoms with van der Waals surface area (Å²) < 4.78 is 1.55. The zero-order valence-corrected chi connectivity index (χ0v) is 16.2. The standard InChI is InChI=1S/C22H23N5O2/c1-13-5-6-16(21(23)26-17-7-8-17)10-19(13)27-22(24)18(11-25-27)20(29)15-4-2-3-14(9-15)12-28/h2-6,9-11,17,28H,7-8,12,24H2,1H3,(H2,23,26). The maximum absolute atomic E-state index is 12.9. The van der Waals surface area contributed by atoms with Crippen molar-refractivity contribution in [3.63, 3.8) is 0 Å². The van der Waals surface area contributed by atoms with Gasteiger partial charge in [-0.2, -0.15) is 5.10 Å². The number of benzene rings is 2. The van der Waals surface area contributed by atoms with Crippen molar-refractivity contribution >= 4 is 17.4 Å². The number of aliphatic hydroxyl groups excluding tert-OH is 1. The summed E-state index contributed by atoms with van der Waals surface area (Å²) in [6, 6.07) is 12.9. The molecule has 1 saturated carbocycles. The van der Waals surface area contributed by atoms with E-state index < -0.39 is 0 Å². The summed E-state index contributed by atoms with van der Waals surface area (Å²) in [7, 11) is 0. The van der Waals surface area contributed by atoms with Gasteiger partial charge in [-0.1, -0.05) is 30.3 Å².